The molecule has 0 saturated carbocycles. The quantitative estimate of drug-likeness (QED) is 0.344. The molecule has 3 aromatic carbocycles. The summed E-state index contributed by atoms with van der Waals surface area (Å²) >= 11 is 7.94. The fourth-order valence-corrected chi connectivity index (χ4v) is 5.06. The maximum absolute atomic E-state index is 6.64. The number of rotatable bonds is 3. The van der Waals surface area contributed by atoms with Crippen LogP contribution in [-0.4, -0.2) is 21.0 Å². The van der Waals surface area contributed by atoms with Crippen molar-refractivity contribution in [1.29, 1.82) is 0 Å². The van der Waals surface area contributed by atoms with Gasteiger partial charge in [-0.1, -0.05) is 83.5 Å². The average Bonchev–Trinajstić information content (AvgIpc) is 3.26. The molecule has 33 heavy (non-hydrogen) atoms. The van der Waals surface area contributed by atoms with Crippen LogP contribution in [-0.2, 0) is 0 Å². The number of halogens is 1. The second-order valence-electron chi connectivity index (χ2n) is 8.18. The Hall–Kier alpha value is -3.22. The van der Waals surface area contributed by atoms with Gasteiger partial charge in [0.05, 0.1) is 5.70 Å². The number of aryl methyl sites for hydroxylation is 1. The van der Waals surface area contributed by atoms with E-state index in [4.69, 9.17) is 26.4 Å². The summed E-state index contributed by atoms with van der Waals surface area (Å²) in [6.45, 7) is 2.10. The normalized spacial score (nSPS) is 18.6. The Labute approximate surface area is 201 Å². The van der Waals surface area contributed by atoms with Gasteiger partial charge in [0, 0.05) is 16.2 Å². The standard InChI is InChI=1S/C26H21ClN4OS/c1-15-8-10-16(11-9-15)23-21-22(28-25-29-26(33-2)30-31(23)25)19-14-18(27)12-13-20(19)32-24(21)17-6-4-3-5-7-17/h3-14,23-24H,1-2H3,(H,28,29,30)/t23-,24-/m0/s1. The maximum Gasteiger partial charge on any atom is 0.227 e. The summed E-state index contributed by atoms with van der Waals surface area (Å²) in [5.41, 5.74) is 6.42. The van der Waals surface area contributed by atoms with Crippen LogP contribution < -0.4 is 10.1 Å². The van der Waals surface area contributed by atoms with E-state index in [1.54, 1.807) is 0 Å². The number of hydrogen-bond donors (Lipinski definition) is 1. The summed E-state index contributed by atoms with van der Waals surface area (Å²) in [5, 5.41) is 9.78. The van der Waals surface area contributed by atoms with Crippen molar-refractivity contribution < 1.29 is 4.74 Å². The zero-order valence-electron chi connectivity index (χ0n) is 18.1. The Balaban J connectivity index is 1.64. The van der Waals surface area contributed by atoms with Crippen molar-refractivity contribution in [3.63, 3.8) is 0 Å². The van der Waals surface area contributed by atoms with Gasteiger partial charge in [-0.05, 0) is 42.5 Å². The monoisotopic (exact) mass is 472 g/mol. The van der Waals surface area contributed by atoms with Crippen LogP contribution in [0, 0.1) is 6.92 Å². The minimum absolute atomic E-state index is 0.178. The van der Waals surface area contributed by atoms with Crippen molar-refractivity contribution in [3.05, 3.63) is 106 Å². The van der Waals surface area contributed by atoms with Gasteiger partial charge in [-0.2, -0.15) is 4.98 Å². The van der Waals surface area contributed by atoms with Crippen molar-refractivity contribution >= 4 is 35.0 Å². The largest absolute Gasteiger partial charge is 0.480 e. The molecule has 2 aliphatic heterocycles. The van der Waals surface area contributed by atoms with Crippen LogP contribution in [0.15, 0.2) is 83.5 Å². The second kappa shape index (κ2) is 7.97. The smallest absolute Gasteiger partial charge is 0.227 e. The van der Waals surface area contributed by atoms with Crippen LogP contribution in [0.1, 0.15) is 34.4 Å². The number of nitrogens with one attached hydrogen (secondary N) is 1. The highest BCUT2D eigenvalue weighted by molar-refractivity contribution is 7.98. The zero-order chi connectivity index (χ0) is 22.5. The lowest BCUT2D eigenvalue weighted by atomic mass is 9.84. The molecule has 4 aromatic rings. The number of nitrogens with zero attached hydrogens (tertiary/aromatic N) is 3. The van der Waals surface area contributed by atoms with E-state index in [1.807, 2.05) is 47.3 Å². The lowest BCUT2D eigenvalue weighted by molar-refractivity contribution is 0.223. The Morgan fingerprint density at radius 2 is 1.79 bits per heavy atom. The summed E-state index contributed by atoms with van der Waals surface area (Å²) in [4.78, 5) is 4.74. The van der Waals surface area contributed by atoms with Gasteiger partial charge in [-0.15, -0.1) is 5.10 Å². The molecular weight excluding hydrogens is 452 g/mol. The third kappa shape index (κ3) is 3.41. The van der Waals surface area contributed by atoms with Gasteiger partial charge in [0.1, 0.15) is 17.9 Å². The molecule has 0 fully saturated rings. The minimum Gasteiger partial charge on any atom is -0.480 e. The summed E-state index contributed by atoms with van der Waals surface area (Å²) in [7, 11) is 0. The fourth-order valence-electron chi connectivity index (χ4n) is 4.54. The van der Waals surface area contributed by atoms with E-state index in [-0.39, 0.29) is 12.1 Å². The average molecular weight is 473 g/mol. The topological polar surface area (TPSA) is 52.0 Å². The van der Waals surface area contributed by atoms with Crippen LogP contribution in [0.3, 0.4) is 0 Å². The van der Waals surface area contributed by atoms with E-state index in [9.17, 15) is 0 Å². The van der Waals surface area contributed by atoms with Gasteiger partial charge < -0.3 is 10.1 Å². The summed E-state index contributed by atoms with van der Waals surface area (Å²) in [6, 6.07) is 24.5. The number of aromatic nitrogens is 3. The number of fused-ring (bicyclic) bond motifs is 3. The highest BCUT2D eigenvalue weighted by Crippen LogP contribution is 2.51. The number of hydrogen-bond acceptors (Lipinski definition) is 5. The molecule has 0 spiro atoms. The molecule has 1 aromatic heterocycles. The van der Waals surface area contributed by atoms with Crippen molar-refractivity contribution in [3.8, 4) is 5.75 Å². The van der Waals surface area contributed by atoms with Gasteiger partial charge in [0.15, 0.2) is 0 Å². The van der Waals surface area contributed by atoms with Crippen molar-refractivity contribution in [2.24, 2.45) is 0 Å². The SMILES string of the molecule is CSc1nc2n(n1)[C@@H](c1ccc(C)cc1)C1=C(N2)c2cc(Cl)ccc2O[C@H]1c1ccccc1. The van der Waals surface area contributed by atoms with Crippen LogP contribution >= 0.6 is 23.4 Å². The van der Waals surface area contributed by atoms with Gasteiger partial charge in [0.2, 0.25) is 11.1 Å². The predicted octanol–water partition coefficient (Wildman–Crippen LogP) is 6.52. The first-order valence-corrected chi connectivity index (χ1v) is 12.3. The number of ether oxygens (including phenoxy) is 1. The molecule has 0 saturated heterocycles. The molecule has 0 bridgehead atoms. The highest BCUT2D eigenvalue weighted by atomic mass is 35.5. The first-order valence-electron chi connectivity index (χ1n) is 10.7. The molecular formula is C26H21ClN4OS. The summed E-state index contributed by atoms with van der Waals surface area (Å²) in [6.07, 6.45) is 1.70. The van der Waals surface area contributed by atoms with Crippen LogP contribution in [0.5, 0.6) is 5.75 Å². The first-order chi connectivity index (χ1) is 16.1. The molecule has 2 atom stereocenters. The fraction of sp³-hybridized carbons (Fsp3) is 0.154. The second-order valence-corrected chi connectivity index (χ2v) is 9.39. The number of thioether (sulfide) groups is 1. The molecule has 6 rings (SSSR count). The van der Waals surface area contributed by atoms with Crippen molar-refractivity contribution in [1.82, 2.24) is 14.8 Å². The molecule has 3 heterocycles. The molecule has 2 aliphatic rings. The van der Waals surface area contributed by atoms with Gasteiger partial charge >= 0.3 is 0 Å². The van der Waals surface area contributed by atoms with E-state index in [0.29, 0.717) is 11.0 Å². The van der Waals surface area contributed by atoms with E-state index in [1.165, 1.54) is 17.3 Å². The maximum atomic E-state index is 6.64. The first kappa shape index (κ1) is 20.4. The van der Waals surface area contributed by atoms with Crippen molar-refractivity contribution in [2.75, 3.05) is 11.6 Å². The summed E-state index contributed by atoms with van der Waals surface area (Å²) < 4.78 is 8.62. The molecule has 164 valence electrons. The lowest BCUT2D eigenvalue weighted by Gasteiger charge is -2.39. The van der Waals surface area contributed by atoms with E-state index >= 15 is 0 Å². The van der Waals surface area contributed by atoms with Crippen LogP contribution in [0.4, 0.5) is 5.95 Å². The molecule has 0 radical (unpaired) electrons. The van der Waals surface area contributed by atoms with E-state index < -0.39 is 0 Å². The van der Waals surface area contributed by atoms with E-state index in [2.05, 4.69) is 48.6 Å². The highest BCUT2D eigenvalue weighted by Gasteiger charge is 2.41. The molecule has 1 N–H and O–H groups in total. The third-order valence-electron chi connectivity index (χ3n) is 6.09. The number of benzene rings is 3. The molecule has 0 amide bonds. The Kier molecular flexibility index (Phi) is 4.93. The van der Waals surface area contributed by atoms with Crippen LogP contribution in [0.25, 0.3) is 5.70 Å². The van der Waals surface area contributed by atoms with Crippen molar-refractivity contribution in [2.45, 2.75) is 24.2 Å². The Bertz CT molecular complexity index is 1380. The molecule has 7 heteroatoms. The van der Waals surface area contributed by atoms with Gasteiger partial charge in [0.25, 0.3) is 0 Å². The molecule has 5 nitrogen and oxygen atoms in total. The van der Waals surface area contributed by atoms with Crippen LogP contribution in [0.2, 0.25) is 5.02 Å². The van der Waals surface area contributed by atoms with Gasteiger partial charge in [-0.3, -0.25) is 0 Å². The molecule has 0 unspecified atom stereocenters. The summed E-state index contributed by atoms with van der Waals surface area (Å²) in [5.74, 6) is 1.50. The zero-order valence-corrected chi connectivity index (χ0v) is 19.7. The third-order valence-corrected chi connectivity index (χ3v) is 6.87. The number of anilines is 1. The predicted molar refractivity (Wildman–Crippen MR) is 133 cm³/mol. The minimum atomic E-state index is -0.288. The van der Waals surface area contributed by atoms with E-state index in [0.717, 1.165) is 38.9 Å². The Morgan fingerprint density at radius 3 is 2.55 bits per heavy atom. The lowest BCUT2D eigenvalue weighted by Crippen LogP contribution is -2.32. The Morgan fingerprint density at radius 1 is 1.00 bits per heavy atom. The molecule has 0 aliphatic carbocycles. The van der Waals surface area contributed by atoms with Gasteiger partial charge in [-0.25, -0.2) is 4.68 Å².